The fourth-order valence-electron chi connectivity index (χ4n) is 3.86. The van der Waals surface area contributed by atoms with E-state index in [1.807, 2.05) is 30.0 Å². The molecule has 0 saturated carbocycles. The first-order valence-corrected chi connectivity index (χ1v) is 9.95. The van der Waals surface area contributed by atoms with Gasteiger partial charge in [0.1, 0.15) is 17.2 Å². The van der Waals surface area contributed by atoms with Crippen molar-refractivity contribution < 1.29 is 19.2 Å². The summed E-state index contributed by atoms with van der Waals surface area (Å²) in [5.74, 6) is 1.23. The molecular weight excluding hydrogens is 386 g/mol. The number of anilines is 1. The number of nitro groups is 1. The van der Waals surface area contributed by atoms with Crippen LogP contribution in [0.25, 0.3) is 0 Å². The summed E-state index contributed by atoms with van der Waals surface area (Å²) in [4.78, 5) is 25.7. The Morgan fingerprint density at radius 1 is 1.17 bits per heavy atom. The van der Waals surface area contributed by atoms with E-state index >= 15 is 0 Å². The Balaban J connectivity index is 1.63. The molecule has 3 rings (SSSR count). The van der Waals surface area contributed by atoms with Gasteiger partial charge < -0.3 is 19.7 Å². The van der Waals surface area contributed by atoms with Gasteiger partial charge >= 0.3 is 0 Å². The molecule has 0 spiro atoms. The summed E-state index contributed by atoms with van der Waals surface area (Å²) in [6.07, 6.45) is 1.28. The fraction of sp³-hybridized carbons (Fsp3) is 0.409. The highest BCUT2D eigenvalue weighted by Gasteiger charge is 2.29. The Morgan fingerprint density at radius 3 is 2.50 bits per heavy atom. The summed E-state index contributed by atoms with van der Waals surface area (Å²) in [5.41, 5.74) is 1.55. The minimum absolute atomic E-state index is 0.0189. The van der Waals surface area contributed by atoms with Crippen molar-refractivity contribution in [3.8, 4) is 11.5 Å². The Bertz CT molecular complexity index is 909. The minimum atomic E-state index is -0.364. The number of hydrogen-bond donors (Lipinski definition) is 1. The molecule has 1 fully saturated rings. The molecule has 160 valence electrons. The molecule has 1 saturated heterocycles. The van der Waals surface area contributed by atoms with Crippen molar-refractivity contribution in [2.24, 2.45) is 5.92 Å². The normalized spacial score (nSPS) is 15.4. The second kappa shape index (κ2) is 9.47. The molecule has 1 amide bonds. The molecule has 30 heavy (non-hydrogen) atoms. The van der Waals surface area contributed by atoms with E-state index in [0.29, 0.717) is 43.1 Å². The van der Waals surface area contributed by atoms with E-state index in [2.05, 4.69) is 5.32 Å². The summed E-state index contributed by atoms with van der Waals surface area (Å²) in [6, 6.07) is 12.0. The van der Waals surface area contributed by atoms with Crippen LogP contribution in [0.15, 0.2) is 42.5 Å². The molecule has 1 atom stereocenters. The number of carbonyl (C=O) groups is 1. The van der Waals surface area contributed by atoms with E-state index in [4.69, 9.17) is 9.47 Å². The number of nitro benzene ring substituents is 1. The molecule has 1 aliphatic rings. The largest absolute Gasteiger partial charge is 0.497 e. The van der Waals surface area contributed by atoms with Crippen LogP contribution >= 0.6 is 0 Å². The van der Waals surface area contributed by atoms with Crippen molar-refractivity contribution in [3.63, 3.8) is 0 Å². The van der Waals surface area contributed by atoms with E-state index in [-0.39, 0.29) is 28.5 Å². The van der Waals surface area contributed by atoms with E-state index < -0.39 is 0 Å². The van der Waals surface area contributed by atoms with Crippen molar-refractivity contribution in [1.29, 1.82) is 0 Å². The lowest BCUT2D eigenvalue weighted by atomic mass is 9.94. The highest BCUT2D eigenvalue weighted by Crippen LogP contribution is 2.32. The van der Waals surface area contributed by atoms with Gasteiger partial charge in [0.05, 0.1) is 25.2 Å². The Labute approximate surface area is 175 Å². The highest BCUT2D eigenvalue weighted by atomic mass is 16.6. The van der Waals surface area contributed by atoms with Gasteiger partial charge in [-0.05, 0) is 44.0 Å². The number of carbonyl (C=O) groups excluding carboxylic acids is 1. The standard InChI is InChI=1S/C22H27N3O5/c1-15(18-14-17(29-2)8-9-21(18)30-3)23-22(26)16-10-12-24(13-11-16)19-6-4-5-7-20(19)25(27)28/h4-9,14-16H,10-13H2,1-3H3,(H,23,26)/t15-/m1/s1. The maximum atomic E-state index is 12.8. The first-order chi connectivity index (χ1) is 14.4. The maximum absolute atomic E-state index is 12.8. The minimum Gasteiger partial charge on any atom is -0.497 e. The number of para-hydroxylation sites is 2. The molecule has 8 heteroatoms. The van der Waals surface area contributed by atoms with E-state index in [9.17, 15) is 14.9 Å². The summed E-state index contributed by atoms with van der Waals surface area (Å²) in [6.45, 7) is 3.11. The van der Waals surface area contributed by atoms with Crippen LogP contribution in [0.1, 0.15) is 31.4 Å². The number of amides is 1. The number of ether oxygens (including phenoxy) is 2. The zero-order valence-corrected chi connectivity index (χ0v) is 17.5. The van der Waals surface area contributed by atoms with E-state index in [1.165, 1.54) is 6.07 Å². The number of nitrogens with zero attached hydrogens (tertiary/aromatic N) is 2. The molecule has 0 bridgehead atoms. The molecule has 0 aromatic heterocycles. The second-order valence-corrected chi connectivity index (χ2v) is 7.35. The quantitative estimate of drug-likeness (QED) is 0.549. The van der Waals surface area contributed by atoms with Crippen molar-refractivity contribution in [2.45, 2.75) is 25.8 Å². The Hall–Kier alpha value is -3.29. The van der Waals surface area contributed by atoms with Crippen molar-refractivity contribution in [3.05, 3.63) is 58.1 Å². The van der Waals surface area contributed by atoms with Crippen LogP contribution in [0.3, 0.4) is 0 Å². The van der Waals surface area contributed by atoms with Gasteiger partial charge in [-0.3, -0.25) is 14.9 Å². The van der Waals surface area contributed by atoms with Gasteiger partial charge in [-0.15, -0.1) is 0 Å². The molecule has 1 heterocycles. The van der Waals surface area contributed by atoms with E-state index in [1.54, 1.807) is 32.4 Å². The number of methoxy groups -OCH3 is 2. The van der Waals surface area contributed by atoms with Gasteiger partial charge in [-0.2, -0.15) is 0 Å². The molecule has 1 N–H and O–H groups in total. The van der Waals surface area contributed by atoms with Gasteiger partial charge in [0, 0.05) is 30.6 Å². The zero-order valence-electron chi connectivity index (χ0n) is 17.5. The fourth-order valence-corrected chi connectivity index (χ4v) is 3.86. The lowest BCUT2D eigenvalue weighted by Gasteiger charge is -2.33. The Kier molecular flexibility index (Phi) is 6.76. The predicted molar refractivity (Wildman–Crippen MR) is 114 cm³/mol. The lowest BCUT2D eigenvalue weighted by Crippen LogP contribution is -2.41. The summed E-state index contributed by atoms with van der Waals surface area (Å²) < 4.78 is 10.7. The molecule has 1 aliphatic heterocycles. The van der Waals surface area contributed by atoms with Gasteiger partial charge in [0.25, 0.3) is 5.69 Å². The van der Waals surface area contributed by atoms with Gasteiger partial charge in [-0.25, -0.2) is 0 Å². The zero-order chi connectivity index (χ0) is 21.7. The average molecular weight is 413 g/mol. The lowest BCUT2D eigenvalue weighted by molar-refractivity contribution is -0.384. The number of nitrogens with one attached hydrogen (secondary N) is 1. The number of rotatable bonds is 7. The Morgan fingerprint density at radius 2 is 1.87 bits per heavy atom. The first kappa shape index (κ1) is 21.4. The number of hydrogen-bond acceptors (Lipinski definition) is 6. The smallest absolute Gasteiger partial charge is 0.292 e. The second-order valence-electron chi connectivity index (χ2n) is 7.35. The van der Waals surface area contributed by atoms with Gasteiger partial charge in [0.15, 0.2) is 0 Å². The van der Waals surface area contributed by atoms with E-state index in [0.717, 1.165) is 5.56 Å². The molecule has 0 aliphatic carbocycles. The molecule has 8 nitrogen and oxygen atoms in total. The summed E-state index contributed by atoms with van der Waals surface area (Å²) >= 11 is 0. The predicted octanol–water partition coefficient (Wildman–Crippen LogP) is 3.71. The van der Waals surface area contributed by atoms with Gasteiger partial charge in [0.2, 0.25) is 5.91 Å². The molecule has 0 unspecified atom stereocenters. The van der Waals surface area contributed by atoms with Crippen molar-refractivity contribution >= 4 is 17.3 Å². The SMILES string of the molecule is COc1ccc(OC)c([C@@H](C)NC(=O)C2CCN(c3ccccc3[N+](=O)[O-])CC2)c1. The van der Waals surface area contributed by atoms with Crippen LogP contribution in [0.2, 0.25) is 0 Å². The maximum Gasteiger partial charge on any atom is 0.292 e. The topological polar surface area (TPSA) is 93.9 Å². The monoisotopic (exact) mass is 413 g/mol. The van der Waals surface area contributed by atoms with Crippen LogP contribution in [0.5, 0.6) is 11.5 Å². The third-order valence-electron chi connectivity index (χ3n) is 5.55. The van der Waals surface area contributed by atoms with Crippen molar-refractivity contribution in [1.82, 2.24) is 5.32 Å². The molecular formula is C22H27N3O5. The first-order valence-electron chi connectivity index (χ1n) is 9.95. The van der Waals surface area contributed by atoms with Crippen LogP contribution in [0, 0.1) is 16.0 Å². The third kappa shape index (κ3) is 4.64. The average Bonchev–Trinajstić information content (AvgIpc) is 2.78. The highest BCUT2D eigenvalue weighted by molar-refractivity contribution is 5.79. The molecule has 0 radical (unpaired) electrons. The molecule has 2 aromatic carbocycles. The summed E-state index contributed by atoms with van der Waals surface area (Å²) in [5, 5.41) is 14.4. The number of benzene rings is 2. The van der Waals surface area contributed by atoms with Crippen LogP contribution in [0.4, 0.5) is 11.4 Å². The van der Waals surface area contributed by atoms with Gasteiger partial charge in [-0.1, -0.05) is 12.1 Å². The summed E-state index contributed by atoms with van der Waals surface area (Å²) in [7, 11) is 3.19. The number of piperidine rings is 1. The van der Waals surface area contributed by atoms with Crippen LogP contribution in [-0.2, 0) is 4.79 Å². The van der Waals surface area contributed by atoms with Crippen LogP contribution < -0.4 is 19.7 Å². The molecule has 2 aromatic rings. The van der Waals surface area contributed by atoms with Crippen molar-refractivity contribution in [2.75, 3.05) is 32.2 Å². The van der Waals surface area contributed by atoms with Crippen LogP contribution in [-0.4, -0.2) is 38.1 Å². The third-order valence-corrected chi connectivity index (χ3v) is 5.55.